The van der Waals surface area contributed by atoms with Crippen LogP contribution >= 0.6 is 11.6 Å². The van der Waals surface area contributed by atoms with E-state index in [0.29, 0.717) is 16.4 Å². The summed E-state index contributed by atoms with van der Waals surface area (Å²) >= 11 is 5.85. The predicted octanol–water partition coefficient (Wildman–Crippen LogP) is 4.63. The molecule has 104 valence electrons. The molecule has 1 aliphatic rings. The summed E-state index contributed by atoms with van der Waals surface area (Å²) in [5.41, 5.74) is 3.53. The van der Waals surface area contributed by atoms with Gasteiger partial charge in [-0.05, 0) is 42.3 Å². The number of carbonyl (C=O) groups is 1. The first-order valence-electron chi connectivity index (χ1n) is 6.60. The zero-order chi connectivity index (χ0) is 14.8. The smallest absolute Gasteiger partial charge is 0.344 e. The molecule has 0 amide bonds. The van der Waals surface area contributed by atoms with Crippen LogP contribution in [0.4, 0.5) is 0 Å². The number of carbonyl (C=O) groups excluding carboxylic acids is 1. The normalized spacial score (nSPS) is 16.0. The van der Waals surface area contributed by atoms with Crippen molar-refractivity contribution < 1.29 is 9.53 Å². The Morgan fingerprint density at radius 2 is 1.67 bits per heavy atom. The Balaban J connectivity index is 1.91. The number of benzene rings is 2. The van der Waals surface area contributed by atoms with Crippen LogP contribution in [0.3, 0.4) is 0 Å². The maximum atomic E-state index is 12.0. The monoisotopic (exact) mass is 296 g/mol. The molecule has 3 heteroatoms. The van der Waals surface area contributed by atoms with Crippen molar-refractivity contribution in [2.45, 2.75) is 6.92 Å². The molecular formula is C18H13ClO2. The summed E-state index contributed by atoms with van der Waals surface area (Å²) in [6, 6.07) is 15.2. The van der Waals surface area contributed by atoms with Gasteiger partial charge in [-0.3, -0.25) is 0 Å². The van der Waals surface area contributed by atoms with Gasteiger partial charge in [-0.1, -0.05) is 53.6 Å². The minimum Gasteiger partial charge on any atom is -0.423 e. The third-order valence-electron chi connectivity index (χ3n) is 3.26. The summed E-state index contributed by atoms with van der Waals surface area (Å²) in [6.45, 7) is 2.01. The van der Waals surface area contributed by atoms with E-state index in [9.17, 15) is 4.79 Å². The molecule has 0 saturated heterocycles. The van der Waals surface area contributed by atoms with Gasteiger partial charge in [0.1, 0.15) is 5.76 Å². The standard InChI is InChI=1S/C18H13ClO2/c1-12-2-6-14(7-3-12)17-11-16(21-18(17)20)10-13-4-8-15(19)9-5-13/h2-11H,1H3/b16-10-. The van der Waals surface area contributed by atoms with Crippen LogP contribution in [-0.4, -0.2) is 5.97 Å². The molecule has 2 aromatic carbocycles. The van der Waals surface area contributed by atoms with Crippen LogP contribution in [0.1, 0.15) is 16.7 Å². The van der Waals surface area contributed by atoms with Gasteiger partial charge in [0.05, 0.1) is 5.57 Å². The summed E-state index contributed by atoms with van der Waals surface area (Å²) in [4.78, 5) is 12.0. The van der Waals surface area contributed by atoms with Gasteiger partial charge in [-0.15, -0.1) is 0 Å². The van der Waals surface area contributed by atoms with E-state index in [1.807, 2.05) is 49.4 Å². The lowest BCUT2D eigenvalue weighted by atomic mass is 10.0. The van der Waals surface area contributed by atoms with Gasteiger partial charge in [-0.2, -0.15) is 0 Å². The quantitative estimate of drug-likeness (QED) is 0.755. The molecule has 1 aliphatic heterocycles. The van der Waals surface area contributed by atoms with Crippen molar-refractivity contribution in [2.75, 3.05) is 0 Å². The number of hydrogen-bond donors (Lipinski definition) is 0. The average molecular weight is 297 g/mol. The zero-order valence-electron chi connectivity index (χ0n) is 11.5. The van der Waals surface area contributed by atoms with Crippen LogP contribution < -0.4 is 0 Å². The van der Waals surface area contributed by atoms with Gasteiger partial charge in [0.15, 0.2) is 0 Å². The SMILES string of the molecule is Cc1ccc(C2=C/C(=C/c3ccc(Cl)cc3)OC2=O)cc1. The summed E-state index contributed by atoms with van der Waals surface area (Å²) in [5, 5.41) is 0.677. The summed E-state index contributed by atoms with van der Waals surface area (Å²) in [6.07, 6.45) is 3.58. The molecule has 0 bridgehead atoms. The number of rotatable bonds is 2. The van der Waals surface area contributed by atoms with Crippen LogP contribution in [0, 0.1) is 6.92 Å². The number of halogens is 1. The Morgan fingerprint density at radius 3 is 2.33 bits per heavy atom. The molecule has 0 radical (unpaired) electrons. The number of ether oxygens (including phenoxy) is 1. The molecule has 2 nitrogen and oxygen atoms in total. The molecule has 0 fully saturated rings. The maximum Gasteiger partial charge on any atom is 0.344 e. The maximum absolute atomic E-state index is 12.0. The highest BCUT2D eigenvalue weighted by atomic mass is 35.5. The third-order valence-corrected chi connectivity index (χ3v) is 3.51. The second-order valence-electron chi connectivity index (χ2n) is 4.91. The largest absolute Gasteiger partial charge is 0.423 e. The van der Waals surface area contributed by atoms with Crippen LogP contribution in [0.2, 0.25) is 5.02 Å². The van der Waals surface area contributed by atoms with Crippen molar-refractivity contribution in [3.8, 4) is 0 Å². The topological polar surface area (TPSA) is 26.3 Å². The number of allylic oxidation sites excluding steroid dienone is 1. The molecule has 3 rings (SSSR count). The van der Waals surface area contributed by atoms with Crippen LogP contribution in [-0.2, 0) is 9.53 Å². The first kappa shape index (κ1) is 13.7. The first-order chi connectivity index (χ1) is 10.1. The van der Waals surface area contributed by atoms with E-state index < -0.39 is 0 Å². The van der Waals surface area contributed by atoms with E-state index in [1.165, 1.54) is 0 Å². The van der Waals surface area contributed by atoms with Gasteiger partial charge < -0.3 is 4.74 Å². The Kier molecular flexibility index (Phi) is 3.63. The molecule has 21 heavy (non-hydrogen) atoms. The van der Waals surface area contributed by atoms with E-state index in [1.54, 1.807) is 18.2 Å². The average Bonchev–Trinajstić information content (AvgIpc) is 2.83. The number of esters is 1. The van der Waals surface area contributed by atoms with Gasteiger partial charge in [0.25, 0.3) is 0 Å². The van der Waals surface area contributed by atoms with Crippen LogP contribution in [0.5, 0.6) is 0 Å². The lowest BCUT2D eigenvalue weighted by molar-refractivity contribution is -0.131. The molecule has 0 atom stereocenters. The number of aryl methyl sites for hydroxylation is 1. The predicted molar refractivity (Wildman–Crippen MR) is 84.7 cm³/mol. The van der Waals surface area contributed by atoms with Gasteiger partial charge in [-0.25, -0.2) is 4.79 Å². The molecule has 0 spiro atoms. The van der Waals surface area contributed by atoms with Crippen LogP contribution in [0.25, 0.3) is 11.6 Å². The van der Waals surface area contributed by atoms with Crippen molar-refractivity contribution in [2.24, 2.45) is 0 Å². The molecular weight excluding hydrogens is 284 g/mol. The van der Waals surface area contributed by atoms with Crippen molar-refractivity contribution in [1.29, 1.82) is 0 Å². The first-order valence-corrected chi connectivity index (χ1v) is 6.98. The fourth-order valence-electron chi connectivity index (χ4n) is 2.12. The lowest BCUT2D eigenvalue weighted by Gasteiger charge is -1.99. The van der Waals surface area contributed by atoms with E-state index >= 15 is 0 Å². The fourth-order valence-corrected chi connectivity index (χ4v) is 2.25. The fraction of sp³-hybridized carbons (Fsp3) is 0.0556. The number of cyclic esters (lactones) is 1. The third kappa shape index (κ3) is 3.06. The number of hydrogen-bond acceptors (Lipinski definition) is 2. The molecule has 0 unspecified atom stereocenters. The highest BCUT2D eigenvalue weighted by Gasteiger charge is 2.22. The van der Waals surface area contributed by atoms with Crippen LogP contribution in [0.15, 0.2) is 60.4 Å². The molecule has 0 saturated carbocycles. The molecule has 2 aromatic rings. The second-order valence-corrected chi connectivity index (χ2v) is 5.35. The summed E-state index contributed by atoms with van der Waals surface area (Å²) in [5.74, 6) is 0.219. The molecule has 0 aromatic heterocycles. The minimum absolute atomic E-state index is 0.320. The highest BCUT2D eigenvalue weighted by Crippen LogP contribution is 2.27. The summed E-state index contributed by atoms with van der Waals surface area (Å²) in [7, 11) is 0. The lowest BCUT2D eigenvalue weighted by Crippen LogP contribution is -1.98. The zero-order valence-corrected chi connectivity index (χ0v) is 12.2. The van der Waals surface area contributed by atoms with E-state index in [2.05, 4.69) is 0 Å². The Labute approximate surface area is 128 Å². The van der Waals surface area contributed by atoms with Crippen molar-refractivity contribution in [1.82, 2.24) is 0 Å². The van der Waals surface area contributed by atoms with Crippen molar-refractivity contribution in [3.05, 3.63) is 82.1 Å². The minimum atomic E-state index is -0.320. The Morgan fingerprint density at radius 1 is 1.00 bits per heavy atom. The molecule has 0 N–H and O–H groups in total. The van der Waals surface area contributed by atoms with E-state index in [4.69, 9.17) is 16.3 Å². The van der Waals surface area contributed by atoms with Gasteiger partial charge in [0, 0.05) is 5.02 Å². The van der Waals surface area contributed by atoms with Gasteiger partial charge in [0.2, 0.25) is 0 Å². The van der Waals surface area contributed by atoms with Crippen molar-refractivity contribution >= 4 is 29.2 Å². The van der Waals surface area contributed by atoms with E-state index in [0.717, 1.165) is 16.7 Å². The second kappa shape index (κ2) is 5.58. The van der Waals surface area contributed by atoms with E-state index in [-0.39, 0.29) is 5.97 Å². The Bertz CT molecular complexity index is 738. The highest BCUT2D eigenvalue weighted by molar-refractivity contribution is 6.30. The molecule has 1 heterocycles. The molecule has 0 aliphatic carbocycles. The Hall–Kier alpha value is -2.32. The van der Waals surface area contributed by atoms with Crippen molar-refractivity contribution in [3.63, 3.8) is 0 Å². The summed E-state index contributed by atoms with van der Waals surface area (Å²) < 4.78 is 5.29. The van der Waals surface area contributed by atoms with Gasteiger partial charge >= 0.3 is 5.97 Å².